The number of hydrogen-bond donors (Lipinski definition) is 20. The van der Waals surface area contributed by atoms with E-state index >= 15 is 0 Å². The van der Waals surface area contributed by atoms with Crippen molar-refractivity contribution < 1.29 is 121 Å². The van der Waals surface area contributed by atoms with Crippen LogP contribution in [-0.4, -0.2) is 127 Å². The van der Waals surface area contributed by atoms with Crippen LogP contribution < -0.4 is 18.9 Å². The van der Waals surface area contributed by atoms with Crippen LogP contribution >= 0.6 is 0 Å². The van der Waals surface area contributed by atoms with Gasteiger partial charge in [0.25, 0.3) is 0 Å². The lowest BCUT2D eigenvalue weighted by molar-refractivity contribution is -0.00771. The molecule has 4 heterocycles. The van der Waals surface area contributed by atoms with Gasteiger partial charge >= 0.3 is 0 Å². The van der Waals surface area contributed by atoms with Gasteiger partial charge in [-0.2, -0.15) is 0 Å². The summed E-state index contributed by atoms with van der Waals surface area (Å²) in [6.07, 6.45) is -14.6. The fourth-order valence-corrected chi connectivity index (χ4v) is 12.2. The minimum absolute atomic E-state index is 0.000225. The van der Waals surface area contributed by atoms with Gasteiger partial charge < -0.3 is 121 Å². The summed E-state index contributed by atoms with van der Waals surface area (Å²) in [4.78, 5) is 0. The topological polar surface area (TPSA) is 442 Å². The molecule has 4 aliphatic rings. The Kier molecular flexibility index (Phi) is 12.7. The first-order chi connectivity index (χ1) is 39.9. The van der Waals surface area contributed by atoms with Gasteiger partial charge in [0.05, 0.1) is 23.9 Å². The summed E-state index contributed by atoms with van der Waals surface area (Å²) in [5.41, 5.74) is -3.26. The standard InChI is InChI=1S/C60H50O24/c61-23-13-33(70)42-41(14-23)82-56(20-2-6-26(63)30(67)10-20)52(78)48(42)44-34(71)16-36(73)46-50(54(80)58(84-59(44)46)22-4-8-28(65)32(69)12-22)47-37(74)17-35(72)45-49(53(79)57(83-60(45)47)21-3-7-27(64)31(68)11-21)43-38(75)18-40-24(51(43)77)15-39(76)55(81-40)19-1-5-25(62)29(66)9-19/h1-14,16-18,39,48-50,52-58,61-80H,15H2/t39-,48-,49+,50-,52-,53-,54-,55-,56-,57-,58-/m1/s1. The van der Waals surface area contributed by atoms with Crippen molar-refractivity contribution in [2.24, 2.45) is 0 Å². The number of phenols is 16. The van der Waals surface area contributed by atoms with Crippen LogP contribution in [0, 0.1) is 0 Å². The first-order valence-electron chi connectivity index (χ1n) is 25.7. The first kappa shape index (κ1) is 54.2. The fourth-order valence-electron chi connectivity index (χ4n) is 12.2. The third-order valence-corrected chi connectivity index (χ3v) is 16.0. The number of aliphatic hydroxyl groups is 4. The van der Waals surface area contributed by atoms with Crippen LogP contribution in [-0.2, 0) is 6.42 Å². The number of fused-ring (bicyclic) bond motifs is 4. The van der Waals surface area contributed by atoms with Crippen molar-refractivity contribution in [2.75, 3.05) is 0 Å². The summed E-state index contributed by atoms with van der Waals surface area (Å²) in [6, 6.07) is 18.0. The SMILES string of the molecule is Oc1cc(O)c2c(c1)O[C@H](c1ccc(O)c(O)c1)[C@H](O)[C@H]2c1c(O)cc(O)c2c1O[C@H](c1ccc(O)c(O)c1)[C@H](O)[C@H]2c1c(O)cc(O)c2c1O[C@H](c1ccc(O)c(O)c1)[C@H](O)[C@H]2c1c(O)cc2c(c1O)C[C@@H](O)[C@@H](c1ccc(O)c(O)c1)O2. The van der Waals surface area contributed by atoms with Crippen LogP contribution in [0.3, 0.4) is 0 Å². The van der Waals surface area contributed by atoms with Gasteiger partial charge in [-0.3, -0.25) is 0 Å². The van der Waals surface area contributed by atoms with Crippen LogP contribution in [0.2, 0.25) is 0 Å². The molecule has 8 aromatic rings. The lowest BCUT2D eigenvalue weighted by atomic mass is 9.72. The Labute approximate surface area is 472 Å². The minimum Gasteiger partial charge on any atom is -0.508 e. The zero-order valence-electron chi connectivity index (χ0n) is 43.0. The van der Waals surface area contributed by atoms with Gasteiger partial charge in [0.15, 0.2) is 64.3 Å². The van der Waals surface area contributed by atoms with Crippen LogP contribution in [0.1, 0.15) is 103 Å². The first-order valence-corrected chi connectivity index (χ1v) is 25.7. The second-order valence-electron chi connectivity index (χ2n) is 21.0. The Morgan fingerprint density at radius 1 is 0.286 bits per heavy atom. The summed E-state index contributed by atoms with van der Waals surface area (Å²) in [5.74, 6) is -19.0. The molecule has 434 valence electrons. The molecule has 0 aromatic heterocycles. The summed E-state index contributed by atoms with van der Waals surface area (Å²) in [5, 5.41) is 229. The molecular formula is C60H50O24. The maximum Gasteiger partial charge on any atom is 0.157 e. The Morgan fingerprint density at radius 3 is 1.02 bits per heavy atom. The Hall–Kier alpha value is -10.4. The molecule has 0 saturated carbocycles. The van der Waals surface area contributed by atoms with E-state index in [4.69, 9.17) is 18.9 Å². The molecule has 0 saturated heterocycles. The largest absolute Gasteiger partial charge is 0.508 e. The number of benzene rings is 8. The highest BCUT2D eigenvalue weighted by molar-refractivity contribution is 5.73. The van der Waals surface area contributed by atoms with E-state index in [1.165, 1.54) is 24.3 Å². The maximum absolute atomic E-state index is 13.0. The van der Waals surface area contributed by atoms with E-state index in [1.807, 2.05) is 0 Å². The van der Waals surface area contributed by atoms with Crippen molar-refractivity contribution in [3.05, 3.63) is 164 Å². The van der Waals surface area contributed by atoms with E-state index in [9.17, 15) is 102 Å². The lowest BCUT2D eigenvalue weighted by Crippen LogP contribution is -2.39. The van der Waals surface area contributed by atoms with E-state index in [0.29, 0.717) is 0 Å². The predicted molar refractivity (Wildman–Crippen MR) is 285 cm³/mol. The van der Waals surface area contributed by atoms with Crippen LogP contribution in [0.4, 0.5) is 0 Å². The lowest BCUT2D eigenvalue weighted by Gasteiger charge is -2.44. The second kappa shape index (κ2) is 19.7. The van der Waals surface area contributed by atoms with Crippen LogP contribution in [0.15, 0.2) is 103 Å². The zero-order valence-corrected chi connectivity index (χ0v) is 43.0. The molecule has 0 aliphatic carbocycles. The Balaban J connectivity index is 1.11. The minimum atomic E-state index is -2.15. The highest BCUT2D eigenvalue weighted by Crippen LogP contribution is 2.65. The smallest absolute Gasteiger partial charge is 0.157 e. The summed E-state index contributed by atoms with van der Waals surface area (Å²) in [6.45, 7) is 0. The van der Waals surface area contributed by atoms with E-state index in [2.05, 4.69) is 0 Å². The van der Waals surface area contributed by atoms with E-state index in [1.54, 1.807) is 0 Å². The molecule has 20 N–H and O–H groups in total. The number of aromatic hydroxyl groups is 16. The van der Waals surface area contributed by atoms with Crippen molar-refractivity contribution in [1.29, 1.82) is 0 Å². The number of hydrogen-bond acceptors (Lipinski definition) is 24. The molecular weight excluding hydrogens is 1100 g/mol. The molecule has 0 fully saturated rings. The zero-order chi connectivity index (χ0) is 59.8. The monoisotopic (exact) mass is 1150 g/mol. The van der Waals surface area contributed by atoms with E-state index < -0.39 is 204 Å². The van der Waals surface area contributed by atoms with Crippen LogP contribution in [0.25, 0.3) is 0 Å². The molecule has 0 unspecified atom stereocenters. The highest BCUT2D eigenvalue weighted by Gasteiger charge is 2.53. The number of aliphatic hydroxyl groups excluding tert-OH is 4. The third-order valence-electron chi connectivity index (χ3n) is 16.0. The van der Waals surface area contributed by atoms with E-state index in [0.717, 1.165) is 78.9 Å². The van der Waals surface area contributed by atoms with E-state index in [-0.39, 0.29) is 44.9 Å². The number of ether oxygens (including phenoxy) is 4. The Bertz CT molecular complexity index is 4030. The molecule has 4 aliphatic heterocycles. The molecule has 11 atom stereocenters. The normalized spacial score (nSPS) is 24.0. The van der Waals surface area contributed by atoms with Crippen molar-refractivity contribution in [3.63, 3.8) is 0 Å². The molecule has 0 radical (unpaired) electrons. The highest BCUT2D eigenvalue weighted by atomic mass is 16.5. The van der Waals surface area contributed by atoms with Crippen molar-refractivity contribution >= 4 is 0 Å². The fraction of sp³-hybridized carbons (Fsp3) is 0.200. The molecule has 0 bridgehead atoms. The molecule has 24 nitrogen and oxygen atoms in total. The number of phenolic OH excluding ortho intramolecular Hbond substituents is 16. The summed E-state index contributed by atoms with van der Waals surface area (Å²) < 4.78 is 25.4. The van der Waals surface area contributed by atoms with Gasteiger partial charge in [0.1, 0.15) is 93.4 Å². The van der Waals surface area contributed by atoms with Gasteiger partial charge in [0.2, 0.25) is 0 Å². The summed E-state index contributed by atoms with van der Waals surface area (Å²) >= 11 is 0. The third kappa shape index (κ3) is 8.44. The average Bonchev–Trinajstić information content (AvgIpc) is 0.873. The Morgan fingerprint density at radius 2 is 0.619 bits per heavy atom. The summed E-state index contributed by atoms with van der Waals surface area (Å²) in [7, 11) is 0. The van der Waals surface area contributed by atoms with Crippen molar-refractivity contribution in [3.8, 4) is 115 Å². The molecule has 24 heteroatoms. The predicted octanol–water partition coefficient (Wildman–Crippen LogP) is 5.89. The van der Waals surface area contributed by atoms with Gasteiger partial charge in [-0.15, -0.1) is 0 Å². The second-order valence-corrected chi connectivity index (χ2v) is 21.0. The van der Waals surface area contributed by atoms with Gasteiger partial charge in [-0.05, 0) is 70.8 Å². The molecule has 12 rings (SSSR count). The quantitative estimate of drug-likeness (QED) is 0.0827. The van der Waals surface area contributed by atoms with Gasteiger partial charge in [-0.1, -0.05) is 24.3 Å². The molecule has 8 aromatic carbocycles. The maximum atomic E-state index is 13.0. The number of rotatable bonds is 7. The molecule has 84 heavy (non-hydrogen) atoms. The molecule has 0 amide bonds. The van der Waals surface area contributed by atoms with Crippen LogP contribution in [0.5, 0.6) is 115 Å². The average molecular weight is 1160 g/mol. The van der Waals surface area contributed by atoms with Gasteiger partial charge in [-0.25, -0.2) is 0 Å². The van der Waals surface area contributed by atoms with Crippen molar-refractivity contribution in [2.45, 2.75) is 73.0 Å². The van der Waals surface area contributed by atoms with Gasteiger partial charge in [0, 0.05) is 75.7 Å². The van der Waals surface area contributed by atoms with Crippen molar-refractivity contribution in [1.82, 2.24) is 0 Å². The molecule has 0 spiro atoms.